The molecule has 3 aromatic rings. The summed E-state index contributed by atoms with van der Waals surface area (Å²) in [7, 11) is 1.27. The number of hydrogen-bond acceptors (Lipinski definition) is 11. The molecule has 1 unspecified atom stereocenters. The lowest BCUT2D eigenvalue weighted by atomic mass is 10.0. The second kappa shape index (κ2) is 10.4. The third-order valence-corrected chi connectivity index (χ3v) is 8.92. The van der Waals surface area contributed by atoms with Crippen LogP contribution in [0.5, 0.6) is 0 Å². The van der Waals surface area contributed by atoms with Gasteiger partial charge >= 0.3 is 5.97 Å². The Kier molecular flexibility index (Phi) is 7.00. The van der Waals surface area contributed by atoms with E-state index < -0.39 is 29.2 Å². The lowest BCUT2D eigenvalue weighted by molar-refractivity contribution is -0.661. The number of anilines is 2. The normalized spacial score (nSPS) is 19.1. The number of rotatable bonds is 9. The monoisotopic (exact) mass is 574 g/mol. The Labute approximate surface area is 227 Å². The highest BCUT2D eigenvalue weighted by molar-refractivity contribution is 8.00. The van der Waals surface area contributed by atoms with Crippen LogP contribution in [0.15, 0.2) is 45.5 Å². The number of nitrogens with one attached hydrogen (secondary N) is 2. The summed E-state index contributed by atoms with van der Waals surface area (Å²) in [4.78, 5) is 60.1. The van der Waals surface area contributed by atoms with Crippen LogP contribution in [0.3, 0.4) is 0 Å². The molecule has 0 spiro atoms. The van der Waals surface area contributed by atoms with Gasteiger partial charge in [-0.25, -0.2) is 9.78 Å². The summed E-state index contributed by atoms with van der Waals surface area (Å²) in [5.74, 6) is -2.14. The number of oxime groups is 1. The number of carboxylic acids is 1. The average Bonchev–Trinajstić information content (AvgIpc) is 3.52. The maximum Gasteiger partial charge on any atom is 0.352 e. The van der Waals surface area contributed by atoms with Gasteiger partial charge in [0.25, 0.3) is 16.6 Å². The first-order valence-corrected chi connectivity index (χ1v) is 13.8. The third-order valence-electron chi connectivity index (χ3n) is 5.87. The molecular formula is C22H20N7O6S3+. The molecule has 0 radical (unpaired) electrons. The van der Waals surface area contributed by atoms with E-state index in [4.69, 9.17) is 10.6 Å². The summed E-state index contributed by atoms with van der Waals surface area (Å²) < 4.78 is 1.88. The molecule has 0 aliphatic carbocycles. The molecule has 0 bridgehead atoms. The Balaban J connectivity index is 1.38. The number of carboxylic acid groups (broad SMARTS) is 1. The molecule has 2 atom stereocenters. The largest absolute Gasteiger partial charge is 0.477 e. The maximum absolute atomic E-state index is 13.1. The van der Waals surface area contributed by atoms with Crippen molar-refractivity contribution < 1.29 is 33.7 Å². The van der Waals surface area contributed by atoms with Gasteiger partial charge in [0.15, 0.2) is 23.6 Å². The van der Waals surface area contributed by atoms with E-state index in [0.29, 0.717) is 23.4 Å². The molecule has 1 saturated heterocycles. The van der Waals surface area contributed by atoms with Crippen molar-refractivity contribution in [2.45, 2.75) is 18.0 Å². The van der Waals surface area contributed by atoms with Gasteiger partial charge in [-0.15, -0.1) is 23.1 Å². The van der Waals surface area contributed by atoms with Gasteiger partial charge in [-0.2, -0.15) is 4.57 Å². The highest BCUT2D eigenvalue weighted by Crippen LogP contribution is 2.40. The number of thioether (sulfide) groups is 1. The van der Waals surface area contributed by atoms with Crippen LogP contribution in [0.2, 0.25) is 0 Å². The Morgan fingerprint density at radius 1 is 1.39 bits per heavy atom. The molecule has 5 heterocycles. The number of hydrogen-bond donors (Lipinski definition) is 4. The summed E-state index contributed by atoms with van der Waals surface area (Å²) in [6, 6.07) is 2.71. The Morgan fingerprint density at radius 3 is 2.89 bits per heavy atom. The average molecular weight is 575 g/mol. The zero-order valence-electron chi connectivity index (χ0n) is 19.6. The smallest absolute Gasteiger partial charge is 0.352 e. The highest BCUT2D eigenvalue weighted by atomic mass is 32.2. The topological polar surface area (TPSA) is 180 Å². The fourth-order valence-corrected chi connectivity index (χ4v) is 7.14. The molecule has 3 aromatic heterocycles. The van der Waals surface area contributed by atoms with Crippen molar-refractivity contribution in [3.63, 3.8) is 0 Å². The minimum absolute atomic E-state index is 0.102. The molecule has 38 heavy (non-hydrogen) atoms. The van der Waals surface area contributed by atoms with Crippen molar-refractivity contribution in [1.82, 2.24) is 15.2 Å². The van der Waals surface area contributed by atoms with Crippen LogP contribution in [-0.2, 0) is 30.6 Å². The van der Waals surface area contributed by atoms with E-state index in [9.17, 15) is 24.3 Å². The second-order valence-corrected chi connectivity index (χ2v) is 10.9. The van der Waals surface area contributed by atoms with Crippen molar-refractivity contribution >= 4 is 85.4 Å². The summed E-state index contributed by atoms with van der Waals surface area (Å²) in [6.45, 7) is 0.233. The number of nitrogen functional groups attached to an aromatic ring is 1. The number of carbonyl (C=O) groups is 4. The minimum atomic E-state index is -1.23. The molecule has 3 amide bonds. The molecule has 0 saturated carbocycles. The first-order valence-electron chi connectivity index (χ1n) is 11.0. The molecule has 16 heteroatoms. The van der Waals surface area contributed by atoms with Gasteiger partial charge in [0, 0.05) is 28.2 Å². The lowest BCUT2D eigenvalue weighted by Gasteiger charge is -2.49. The molecule has 0 aromatic carbocycles. The van der Waals surface area contributed by atoms with E-state index in [1.807, 2.05) is 16.8 Å². The number of nitrogens with two attached hydrogens (primary N) is 1. The predicted octanol–water partition coefficient (Wildman–Crippen LogP) is 0.585. The molecule has 2 aliphatic heterocycles. The second-order valence-electron chi connectivity index (χ2n) is 8.08. The van der Waals surface area contributed by atoms with Crippen LogP contribution in [0.1, 0.15) is 5.69 Å². The summed E-state index contributed by atoms with van der Waals surface area (Å²) in [5, 5.41) is 22.8. The van der Waals surface area contributed by atoms with Gasteiger partial charge < -0.3 is 26.3 Å². The molecule has 5 N–H and O–H groups in total. The van der Waals surface area contributed by atoms with Gasteiger partial charge in [0.2, 0.25) is 6.41 Å². The van der Waals surface area contributed by atoms with Crippen molar-refractivity contribution in [3.8, 4) is 0 Å². The van der Waals surface area contributed by atoms with E-state index in [2.05, 4.69) is 20.8 Å². The van der Waals surface area contributed by atoms with E-state index >= 15 is 0 Å². The summed E-state index contributed by atoms with van der Waals surface area (Å²) in [6.07, 6.45) is 2.42. The molecule has 5 rings (SSSR count). The highest BCUT2D eigenvalue weighted by Gasteiger charge is 2.55. The van der Waals surface area contributed by atoms with E-state index in [1.54, 1.807) is 16.8 Å². The van der Waals surface area contributed by atoms with Crippen molar-refractivity contribution in [2.75, 3.05) is 23.9 Å². The number of aliphatic carboxylic acids is 1. The number of β-lactam (4-membered cyclic amide) rings is 1. The van der Waals surface area contributed by atoms with Crippen molar-refractivity contribution in [1.29, 1.82) is 0 Å². The molecule has 13 nitrogen and oxygen atoms in total. The number of carbonyl (C=O) groups excluding carboxylic acids is 3. The lowest BCUT2D eigenvalue weighted by Crippen LogP contribution is -2.71. The predicted molar refractivity (Wildman–Crippen MR) is 141 cm³/mol. The van der Waals surface area contributed by atoms with E-state index in [0.717, 1.165) is 21.6 Å². The zero-order valence-corrected chi connectivity index (χ0v) is 22.1. The number of amides is 3. The van der Waals surface area contributed by atoms with Gasteiger partial charge in [0.05, 0.1) is 11.1 Å². The minimum Gasteiger partial charge on any atom is -0.477 e. The third kappa shape index (κ3) is 4.46. The summed E-state index contributed by atoms with van der Waals surface area (Å²) in [5.41, 5.74) is 6.81. The summed E-state index contributed by atoms with van der Waals surface area (Å²) >= 11 is 3.89. The maximum atomic E-state index is 13.1. The molecule has 2 aliphatic rings. The van der Waals surface area contributed by atoms with Crippen LogP contribution in [0.25, 0.3) is 10.2 Å². The van der Waals surface area contributed by atoms with Gasteiger partial charge in [-0.05, 0) is 6.07 Å². The van der Waals surface area contributed by atoms with E-state index in [-0.39, 0.29) is 28.8 Å². The number of pyridine rings is 1. The Morgan fingerprint density at radius 2 is 2.21 bits per heavy atom. The van der Waals surface area contributed by atoms with Gasteiger partial charge in [0.1, 0.15) is 29.9 Å². The number of thiazole rings is 1. The van der Waals surface area contributed by atoms with Crippen molar-refractivity contribution in [2.24, 2.45) is 5.16 Å². The van der Waals surface area contributed by atoms with Crippen LogP contribution >= 0.6 is 34.4 Å². The van der Waals surface area contributed by atoms with Crippen molar-refractivity contribution in [3.05, 3.63) is 46.1 Å². The standard InChI is InChI=1S/C22H19N7O6S3/c1-35-27-14(13-8-38-22(23)25-13)17(31)26-15-18(32)29-16(21(33)34)10(6-36-20(15)29)5-28-4-2-3-11-12(24-9-30)7-37-19(11)28/h2-4,7-9,15,20H,5-6H2,1H3,(H4-,23,24,25,26,30,31,33,34)/p+1/b27-14-/t15?,20-/m1/s1. The van der Waals surface area contributed by atoms with Gasteiger partial charge in [-0.3, -0.25) is 19.3 Å². The van der Waals surface area contributed by atoms with Gasteiger partial charge in [-0.1, -0.05) is 16.5 Å². The Bertz CT molecular complexity index is 1530. The van der Waals surface area contributed by atoms with Crippen LogP contribution < -0.4 is 20.9 Å². The SMILES string of the molecule is CO/N=C(\C(=O)NC1C(=O)N2C(C(=O)O)=C(C[n+]3cccc4c(NC=O)csc43)CS[C@H]12)c1csc(N)n1. The number of thiophene rings is 1. The quantitative estimate of drug-likeness (QED) is 0.0935. The zero-order chi connectivity index (χ0) is 27.0. The van der Waals surface area contributed by atoms with Crippen LogP contribution in [0.4, 0.5) is 10.8 Å². The number of nitrogens with zero attached hydrogens (tertiary/aromatic N) is 4. The number of aromatic nitrogens is 2. The fraction of sp³-hybridized carbons (Fsp3) is 0.227. The fourth-order valence-electron chi connectivity index (χ4n) is 4.26. The van der Waals surface area contributed by atoms with Crippen LogP contribution in [0, 0.1) is 0 Å². The molecular weight excluding hydrogens is 554 g/mol. The number of fused-ring (bicyclic) bond motifs is 2. The van der Waals surface area contributed by atoms with E-state index in [1.165, 1.54) is 35.1 Å². The molecule has 196 valence electrons. The molecule has 1 fully saturated rings. The first kappa shape index (κ1) is 25.6. The first-order chi connectivity index (χ1) is 18.3. The van der Waals surface area contributed by atoms with Crippen LogP contribution in [-0.4, -0.2) is 69.2 Å². The Hall–Kier alpha value is -4.02.